The molecule has 0 aromatic carbocycles. The molecule has 1 N–H and O–H groups in total. The average Bonchev–Trinajstić information content (AvgIpc) is 2.14. The summed E-state index contributed by atoms with van der Waals surface area (Å²) in [7, 11) is 0. The van der Waals surface area contributed by atoms with Crippen LogP contribution in [0.4, 0.5) is 0 Å². The Bertz CT molecular complexity index is 292. The molecule has 4 nitrogen and oxygen atoms in total. The van der Waals surface area contributed by atoms with Gasteiger partial charge in [0.25, 0.3) is 0 Å². The first kappa shape index (κ1) is 15.7. The lowest BCUT2D eigenvalue weighted by molar-refractivity contribution is -0.155. The Morgan fingerprint density at radius 1 is 1.41 bits per heavy atom. The lowest BCUT2D eigenvalue weighted by Crippen LogP contribution is -2.45. The van der Waals surface area contributed by atoms with Crippen LogP contribution in [0.2, 0.25) is 0 Å². The van der Waals surface area contributed by atoms with Crippen LogP contribution in [0.25, 0.3) is 0 Å². The van der Waals surface area contributed by atoms with Crippen molar-refractivity contribution in [3.63, 3.8) is 0 Å². The molecule has 0 aliphatic carbocycles. The Hall–Kier alpha value is -1.32. The second-order valence-corrected chi connectivity index (χ2v) is 5.21. The number of rotatable bonds is 6. The van der Waals surface area contributed by atoms with Crippen molar-refractivity contribution < 1.29 is 14.7 Å². The second-order valence-electron chi connectivity index (χ2n) is 5.21. The lowest BCUT2D eigenvalue weighted by Gasteiger charge is -2.31. The molecule has 0 radical (unpaired) electrons. The number of hydrogen-bond donors (Lipinski definition) is 1. The molecule has 0 fully saturated rings. The molecule has 1 amide bonds. The van der Waals surface area contributed by atoms with E-state index in [0.29, 0.717) is 13.1 Å². The van der Waals surface area contributed by atoms with Crippen LogP contribution in [0.1, 0.15) is 34.1 Å². The van der Waals surface area contributed by atoms with E-state index in [2.05, 4.69) is 6.58 Å². The van der Waals surface area contributed by atoms with Gasteiger partial charge in [0.1, 0.15) is 5.92 Å². The summed E-state index contributed by atoms with van der Waals surface area (Å²) in [6.07, 6.45) is 2.42. The molecule has 0 aliphatic rings. The van der Waals surface area contributed by atoms with E-state index in [9.17, 15) is 14.7 Å². The molecule has 0 rings (SSSR count). The number of amides is 1. The molecule has 0 saturated carbocycles. The summed E-state index contributed by atoms with van der Waals surface area (Å²) in [5.41, 5.74) is -0.587. The minimum Gasteiger partial charge on any atom is -0.481 e. The SMILES string of the molecule is C=CCN(CCC)C(=O)C(C(=O)O)C(C)(C)C. The zero-order valence-electron chi connectivity index (χ0n) is 11.2. The maximum absolute atomic E-state index is 12.2. The first-order chi connectivity index (χ1) is 7.75. The fourth-order valence-electron chi connectivity index (χ4n) is 1.75. The second kappa shape index (κ2) is 6.42. The third kappa shape index (κ3) is 4.59. The number of carboxylic acids is 1. The third-order valence-electron chi connectivity index (χ3n) is 2.51. The molecule has 1 atom stereocenters. The molecule has 98 valence electrons. The third-order valence-corrected chi connectivity index (χ3v) is 2.51. The van der Waals surface area contributed by atoms with Gasteiger partial charge < -0.3 is 10.0 Å². The predicted octanol–water partition coefficient (Wildman–Crippen LogP) is 2.16. The van der Waals surface area contributed by atoms with Gasteiger partial charge in [0.15, 0.2) is 0 Å². The van der Waals surface area contributed by atoms with Crippen LogP contribution in [-0.4, -0.2) is 35.0 Å². The van der Waals surface area contributed by atoms with Gasteiger partial charge >= 0.3 is 5.97 Å². The van der Waals surface area contributed by atoms with Crippen molar-refractivity contribution >= 4 is 11.9 Å². The molecule has 0 aromatic heterocycles. The normalized spacial score (nSPS) is 12.9. The smallest absolute Gasteiger partial charge is 0.316 e. The first-order valence-corrected chi connectivity index (χ1v) is 5.88. The average molecular weight is 241 g/mol. The van der Waals surface area contributed by atoms with Crippen LogP contribution < -0.4 is 0 Å². The number of carbonyl (C=O) groups is 2. The molecular weight excluding hydrogens is 218 g/mol. The number of aliphatic carboxylic acids is 1. The van der Waals surface area contributed by atoms with E-state index in [1.165, 1.54) is 0 Å². The molecule has 4 heteroatoms. The summed E-state index contributed by atoms with van der Waals surface area (Å²) in [6, 6.07) is 0. The molecule has 0 saturated heterocycles. The van der Waals surface area contributed by atoms with Gasteiger partial charge in [-0.05, 0) is 11.8 Å². The molecular formula is C13H23NO3. The highest BCUT2D eigenvalue weighted by Gasteiger charge is 2.39. The fourth-order valence-corrected chi connectivity index (χ4v) is 1.75. The summed E-state index contributed by atoms with van der Waals surface area (Å²) < 4.78 is 0. The van der Waals surface area contributed by atoms with Gasteiger partial charge in [-0.1, -0.05) is 33.8 Å². The van der Waals surface area contributed by atoms with Crippen LogP contribution in [0.15, 0.2) is 12.7 Å². The van der Waals surface area contributed by atoms with Gasteiger partial charge in [-0.25, -0.2) is 0 Å². The number of carbonyl (C=O) groups excluding carboxylic acids is 1. The standard InChI is InChI=1S/C13H23NO3/c1-6-8-14(9-7-2)11(15)10(12(16)17)13(3,4)5/h6,10H,1,7-9H2,2-5H3,(H,16,17). The van der Waals surface area contributed by atoms with Gasteiger partial charge in [0.05, 0.1) is 0 Å². The topological polar surface area (TPSA) is 57.6 Å². The summed E-state index contributed by atoms with van der Waals surface area (Å²) in [6.45, 7) is 11.8. The fraction of sp³-hybridized carbons (Fsp3) is 0.692. The molecule has 0 aromatic rings. The highest BCUT2D eigenvalue weighted by molar-refractivity contribution is 5.97. The Balaban J connectivity index is 5.04. The van der Waals surface area contributed by atoms with Crippen LogP contribution in [0.5, 0.6) is 0 Å². The van der Waals surface area contributed by atoms with E-state index in [1.54, 1.807) is 31.7 Å². The zero-order chi connectivity index (χ0) is 13.6. The number of nitrogens with zero attached hydrogens (tertiary/aromatic N) is 1. The molecule has 0 aliphatic heterocycles. The van der Waals surface area contributed by atoms with Crippen molar-refractivity contribution in [1.82, 2.24) is 4.90 Å². The van der Waals surface area contributed by atoms with Crippen LogP contribution in [-0.2, 0) is 9.59 Å². The van der Waals surface area contributed by atoms with E-state index in [4.69, 9.17) is 0 Å². The van der Waals surface area contributed by atoms with E-state index in [1.807, 2.05) is 6.92 Å². The Morgan fingerprint density at radius 2 is 1.94 bits per heavy atom. The Kier molecular flexibility index (Phi) is 5.93. The molecule has 0 spiro atoms. The van der Waals surface area contributed by atoms with E-state index < -0.39 is 17.3 Å². The van der Waals surface area contributed by atoms with E-state index in [-0.39, 0.29) is 5.91 Å². The zero-order valence-corrected chi connectivity index (χ0v) is 11.2. The van der Waals surface area contributed by atoms with Gasteiger partial charge in [0, 0.05) is 13.1 Å². The van der Waals surface area contributed by atoms with Gasteiger partial charge in [-0.15, -0.1) is 6.58 Å². The molecule has 17 heavy (non-hydrogen) atoms. The summed E-state index contributed by atoms with van der Waals surface area (Å²) in [4.78, 5) is 25.0. The molecule has 1 unspecified atom stereocenters. The van der Waals surface area contributed by atoms with Crippen molar-refractivity contribution in [3.8, 4) is 0 Å². The summed E-state index contributed by atoms with van der Waals surface area (Å²) >= 11 is 0. The highest BCUT2D eigenvalue weighted by Crippen LogP contribution is 2.28. The van der Waals surface area contributed by atoms with E-state index in [0.717, 1.165) is 6.42 Å². The minimum atomic E-state index is -1.06. The largest absolute Gasteiger partial charge is 0.481 e. The van der Waals surface area contributed by atoms with Crippen molar-refractivity contribution in [2.24, 2.45) is 11.3 Å². The van der Waals surface area contributed by atoms with Crippen molar-refractivity contribution in [1.29, 1.82) is 0 Å². The Labute approximate surface area is 103 Å². The minimum absolute atomic E-state index is 0.327. The van der Waals surface area contributed by atoms with Crippen molar-refractivity contribution in [3.05, 3.63) is 12.7 Å². The maximum Gasteiger partial charge on any atom is 0.316 e. The van der Waals surface area contributed by atoms with Crippen LogP contribution in [0, 0.1) is 11.3 Å². The Morgan fingerprint density at radius 3 is 2.24 bits per heavy atom. The maximum atomic E-state index is 12.2. The molecule has 0 heterocycles. The number of carboxylic acid groups (broad SMARTS) is 1. The predicted molar refractivity (Wildman–Crippen MR) is 67.6 cm³/mol. The monoisotopic (exact) mass is 241 g/mol. The van der Waals surface area contributed by atoms with Crippen LogP contribution >= 0.6 is 0 Å². The van der Waals surface area contributed by atoms with Crippen molar-refractivity contribution in [2.75, 3.05) is 13.1 Å². The van der Waals surface area contributed by atoms with Gasteiger partial charge in [-0.2, -0.15) is 0 Å². The highest BCUT2D eigenvalue weighted by atomic mass is 16.4. The van der Waals surface area contributed by atoms with Gasteiger partial charge in [-0.3, -0.25) is 9.59 Å². The summed E-state index contributed by atoms with van der Waals surface area (Å²) in [5, 5.41) is 9.19. The summed E-state index contributed by atoms with van der Waals surface area (Å²) in [5.74, 6) is -2.39. The van der Waals surface area contributed by atoms with Gasteiger partial charge in [0.2, 0.25) is 5.91 Å². The van der Waals surface area contributed by atoms with E-state index >= 15 is 0 Å². The van der Waals surface area contributed by atoms with Crippen LogP contribution in [0.3, 0.4) is 0 Å². The lowest BCUT2D eigenvalue weighted by atomic mass is 9.80. The first-order valence-electron chi connectivity index (χ1n) is 5.88. The quantitative estimate of drug-likeness (QED) is 0.572. The number of hydrogen-bond acceptors (Lipinski definition) is 2. The molecule has 0 bridgehead atoms. The van der Waals surface area contributed by atoms with Crippen molar-refractivity contribution in [2.45, 2.75) is 34.1 Å².